The largest absolute Gasteiger partial charge is 0.346 e. The van der Waals surface area contributed by atoms with Crippen LogP contribution in [0.15, 0.2) is 53.5 Å². The maximum absolute atomic E-state index is 12.8. The molecule has 0 radical (unpaired) electrons. The van der Waals surface area contributed by atoms with Crippen LogP contribution in [0.3, 0.4) is 0 Å². The number of anilines is 1. The Kier molecular flexibility index (Phi) is 3.88. The lowest BCUT2D eigenvalue weighted by atomic mass is 9.99. The number of hydrogen-bond acceptors (Lipinski definition) is 2. The number of pyridine rings is 1. The predicted octanol–water partition coefficient (Wildman–Crippen LogP) is 3.76. The van der Waals surface area contributed by atoms with E-state index in [9.17, 15) is 9.59 Å². The molecule has 0 bridgehead atoms. The van der Waals surface area contributed by atoms with E-state index in [1.807, 2.05) is 41.0 Å². The first-order valence-electron chi connectivity index (χ1n) is 8.72. The maximum Gasteiger partial charge on any atom is 0.261 e. The number of hydrogen-bond donors (Lipinski definition) is 1. The number of benzene rings is 2. The summed E-state index contributed by atoms with van der Waals surface area (Å²) in [5.74, 6) is -0.351. The molecule has 0 aliphatic carbocycles. The van der Waals surface area contributed by atoms with Crippen LogP contribution in [0.25, 0.3) is 10.9 Å². The van der Waals surface area contributed by atoms with Crippen molar-refractivity contribution in [3.05, 3.63) is 75.6 Å². The minimum absolute atomic E-state index is 0.197. The number of aromatic nitrogens is 1. The molecule has 0 spiro atoms. The molecule has 1 aliphatic rings. The van der Waals surface area contributed by atoms with Crippen LogP contribution in [-0.2, 0) is 19.4 Å². The van der Waals surface area contributed by atoms with Gasteiger partial charge in [-0.05, 0) is 48.6 Å². The van der Waals surface area contributed by atoms with E-state index < -0.39 is 0 Å². The van der Waals surface area contributed by atoms with E-state index in [1.54, 1.807) is 6.20 Å². The van der Waals surface area contributed by atoms with Crippen molar-refractivity contribution in [1.29, 1.82) is 0 Å². The molecule has 1 N–H and O–H groups in total. The fraction of sp³-hybridized carbons (Fsp3) is 0.238. The fourth-order valence-corrected chi connectivity index (χ4v) is 3.54. The van der Waals surface area contributed by atoms with Crippen LogP contribution in [0, 0.1) is 0 Å². The van der Waals surface area contributed by atoms with Gasteiger partial charge >= 0.3 is 0 Å². The van der Waals surface area contributed by atoms with Gasteiger partial charge in [-0.2, -0.15) is 0 Å². The van der Waals surface area contributed by atoms with Gasteiger partial charge in [-0.1, -0.05) is 31.2 Å². The number of aryl methyl sites for hydroxylation is 3. The zero-order valence-electron chi connectivity index (χ0n) is 14.2. The lowest BCUT2D eigenvalue weighted by Gasteiger charge is -2.20. The van der Waals surface area contributed by atoms with Gasteiger partial charge in [0.25, 0.3) is 5.91 Å². The predicted molar refractivity (Wildman–Crippen MR) is 100 cm³/mol. The van der Waals surface area contributed by atoms with Crippen molar-refractivity contribution in [2.75, 3.05) is 5.32 Å². The molecular weight excluding hydrogens is 312 g/mol. The number of nitrogens with one attached hydrogen (secondary N) is 1. The molecule has 2 heterocycles. The minimum atomic E-state index is -0.351. The van der Waals surface area contributed by atoms with Crippen molar-refractivity contribution in [3.8, 4) is 0 Å². The molecule has 4 nitrogen and oxygen atoms in total. The second kappa shape index (κ2) is 6.20. The second-order valence-electron chi connectivity index (χ2n) is 6.49. The summed E-state index contributed by atoms with van der Waals surface area (Å²) in [5.41, 5.74) is 4.07. The van der Waals surface area contributed by atoms with E-state index in [2.05, 4.69) is 18.3 Å². The van der Waals surface area contributed by atoms with E-state index in [-0.39, 0.29) is 16.9 Å². The van der Waals surface area contributed by atoms with Crippen molar-refractivity contribution in [3.63, 3.8) is 0 Å². The third-order valence-electron chi connectivity index (χ3n) is 4.89. The molecule has 25 heavy (non-hydrogen) atoms. The summed E-state index contributed by atoms with van der Waals surface area (Å²) in [6.45, 7) is 2.92. The Morgan fingerprint density at radius 3 is 2.72 bits per heavy atom. The van der Waals surface area contributed by atoms with E-state index in [4.69, 9.17) is 0 Å². The van der Waals surface area contributed by atoms with Gasteiger partial charge in [-0.15, -0.1) is 0 Å². The molecule has 0 unspecified atom stereocenters. The normalized spacial score (nSPS) is 13.0. The van der Waals surface area contributed by atoms with Crippen LogP contribution in [0.1, 0.15) is 34.8 Å². The Morgan fingerprint density at radius 1 is 1.16 bits per heavy atom. The lowest BCUT2D eigenvalue weighted by molar-refractivity contribution is 0.102. The zero-order chi connectivity index (χ0) is 17.4. The third-order valence-corrected chi connectivity index (χ3v) is 4.89. The van der Waals surface area contributed by atoms with Crippen LogP contribution in [-0.4, -0.2) is 10.5 Å². The first-order valence-corrected chi connectivity index (χ1v) is 8.72. The van der Waals surface area contributed by atoms with Crippen molar-refractivity contribution in [2.45, 2.75) is 32.7 Å². The van der Waals surface area contributed by atoms with E-state index >= 15 is 0 Å². The highest BCUT2D eigenvalue weighted by Crippen LogP contribution is 2.23. The van der Waals surface area contributed by atoms with E-state index in [0.717, 1.165) is 31.3 Å². The Balaban J connectivity index is 1.75. The van der Waals surface area contributed by atoms with Crippen molar-refractivity contribution < 1.29 is 4.79 Å². The maximum atomic E-state index is 12.8. The van der Waals surface area contributed by atoms with Crippen molar-refractivity contribution >= 4 is 22.5 Å². The molecule has 3 aromatic rings. The SMILES string of the molecule is CCc1ccc(NC(=O)c2cn3c4c(cccc4c2=O)CCC3)cc1. The summed E-state index contributed by atoms with van der Waals surface area (Å²) < 4.78 is 2.05. The van der Waals surface area contributed by atoms with Crippen molar-refractivity contribution in [1.82, 2.24) is 4.57 Å². The van der Waals surface area contributed by atoms with Gasteiger partial charge in [0.15, 0.2) is 0 Å². The lowest BCUT2D eigenvalue weighted by Crippen LogP contribution is -2.25. The van der Waals surface area contributed by atoms with Crippen LogP contribution in [0.2, 0.25) is 0 Å². The topological polar surface area (TPSA) is 51.1 Å². The fourth-order valence-electron chi connectivity index (χ4n) is 3.54. The molecular formula is C21H20N2O2. The Hall–Kier alpha value is -2.88. The zero-order valence-corrected chi connectivity index (χ0v) is 14.2. The van der Waals surface area contributed by atoms with Crippen LogP contribution in [0.5, 0.6) is 0 Å². The molecule has 2 aromatic carbocycles. The summed E-state index contributed by atoms with van der Waals surface area (Å²) in [6, 6.07) is 13.5. The standard InChI is InChI=1S/C21H20N2O2/c1-2-14-8-10-16(11-9-14)22-21(25)18-13-23-12-4-6-15-5-3-7-17(19(15)23)20(18)24/h3,5,7-11,13H,2,4,6,12H2,1H3,(H,22,25). The Morgan fingerprint density at radius 2 is 1.96 bits per heavy atom. The van der Waals surface area contributed by atoms with Gasteiger partial charge in [-0.3, -0.25) is 9.59 Å². The highest BCUT2D eigenvalue weighted by Gasteiger charge is 2.19. The highest BCUT2D eigenvalue weighted by atomic mass is 16.2. The third kappa shape index (κ3) is 2.74. The molecule has 0 saturated carbocycles. The van der Waals surface area contributed by atoms with Gasteiger partial charge in [0.05, 0.1) is 5.52 Å². The Labute approximate surface area is 146 Å². The Bertz CT molecular complexity index is 1020. The van der Waals surface area contributed by atoms with Gasteiger partial charge in [0, 0.05) is 23.8 Å². The molecule has 1 aromatic heterocycles. The number of rotatable bonds is 3. The number of amides is 1. The molecule has 0 saturated heterocycles. The monoisotopic (exact) mass is 332 g/mol. The number of para-hydroxylation sites is 1. The smallest absolute Gasteiger partial charge is 0.261 e. The number of nitrogens with zero attached hydrogens (tertiary/aromatic N) is 1. The van der Waals surface area contributed by atoms with Gasteiger partial charge in [-0.25, -0.2) is 0 Å². The molecule has 4 heteroatoms. The molecule has 4 rings (SSSR count). The highest BCUT2D eigenvalue weighted by molar-refractivity contribution is 6.06. The summed E-state index contributed by atoms with van der Waals surface area (Å²) in [4.78, 5) is 25.5. The quantitative estimate of drug-likeness (QED) is 0.794. The minimum Gasteiger partial charge on any atom is -0.346 e. The van der Waals surface area contributed by atoms with Crippen LogP contribution in [0.4, 0.5) is 5.69 Å². The van der Waals surface area contributed by atoms with Crippen LogP contribution >= 0.6 is 0 Å². The average Bonchev–Trinajstić information content (AvgIpc) is 2.65. The van der Waals surface area contributed by atoms with Gasteiger partial charge < -0.3 is 9.88 Å². The molecule has 0 atom stereocenters. The molecule has 1 aliphatic heterocycles. The second-order valence-corrected chi connectivity index (χ2v) is 6.49. The molecule has 1 amide bonds. The summed E-state index contributed by atoms with van der Waals surface area (Å²) in [5, 5.41) is 3.48. The number of carbonyl (C=O) groups is 1. The van der Waals surface area contributed by atoms with Gasteiger partial charge in [0.1, 0.15) is 5.56 Å². The first kappa shape index (κ1) is 15.6. The number of carbonyl (C=O) groups excluding carboxylic acids is 1. The van der Waals surface area contributed by atoms with Crippen molar-refractivity contribution in [2.24, 2.45) is 0 Å². The average molecular weight is 332 g/mol. The van der Waals surface area contributed by atoms with E-state index in [0.29, 0.717) is 11.1 Å². The molecule has 126 valence electrons. The summed E-state index contributed by atoms with van der Waals surface area (Å²) in [7, 11) is 0. The molecule has 0 fully saturated rings. The van der Waals surface area contributed by atoms with Crippen LogP contribution < -0.4 is 10.7 Å². The summed E-state index contributed by atoms with van der Waals surface area (Å²) >= 11 is 0. The van der Waals surface area contributed by atoms with Gasteiger partial charge in [0.2, 0.25) is 5.43 Å². The first-order chi connectivity index (χ1) is 12.2. The van der Waals surface area contributed by atoms with E-state index in [1.165, 1.54) is 11.1 Å². The summed E-state index contributed by atoms with van der Waals surface area (Å²) in [6.07, 6.45) is 4.66.